The van der Waals surface area contributed by atoms with Crippen molar-refractivity contribution in [1.29, 1.82) is 5.26 Å². The zero-order valence-electron chi connectivity index (χ0n) is 25.3. The smallest absolute Gasteiger partial charge is 0.417 e. The second kappa shape index (κ2) is 11.1. The number of alkyl halides is 3. The van der Waals surface area contributed by atoms with Crippen LogP contribution in [0.1, 0.15) is 42.9 Å². The average molecular weight is 628 g/mol. The van der Waals surface area contributed by atoms with Crippen LogP contribution in [-0.4, -0.2) is 66.8 Å². The van der Waals surface area contributed by atoms with Crippen LogP contribution < -0.4 is 20.7 Å². The standard InChI is InChI=1S/C32H34F5N7O/c1-16-9-23(39)21(11-38)24(26(16)32(35,36)37)25-22(33)10-20-28(27(25)34)41-30(45-15-31(3)14-43(4)8-7-17(31)2)42-29(20)44-12-18-5-6-19(13-44)40-18/h9-10,18-19,40H,2,5-8,12-15,39H2,1,3-4H3/t18-,19+,31-/m0/s1. The number of ether oxygens (including phenoxy) is 1. The summed E-state index contributed by atoms with van der Waals surface area (Å²) in [6.45, 7) is 9.99. The van der Waals surface area contributed by atoms with Gasteiger partial charge in [-0.3, -0.25) is 0 Å². The maximum Gasteiger partial charge on any atom is 0.417 e. The van der Waals surface area contributed by atoms with Gasteiger partial charge in [0.15, 0.2) is 5.82 Å². The van der Waals surface area contributed by atoms with Crippen molar-refractivity contribution in [3.8, 4) is 23.2 Å². The van der Waals surface area contributed by atoms with Crippen LogP contribution in [0.2, 0.25) is 0 Å². The number of halogens is 5. The maximum atomic E-state index is 16.7. The largest absolute Gasteiger partial charge is 0.462 e. The lowest BCUT2D eigenvalue weighted by molar-refractivity contribution is -0.137. The van der Waals surface area contributed by atoms with Gasteiger partial charge in [0.2, 0.25) is 0 Å². The first-order chi connectivity index (χ1) is 21.2. The first kappa shape index (κ1) is 31.0. The molecule has 0 unspecified atom stereocenters. The van der Waals surface area contributed by atoms with E-state index >= 15 is 8.78 Å². The van der Waals surface area contributed by atoms with E-state index in [0.717, 1.165) is 50.4 Å². The van der Waals surface area contributed by atoms with Gasteiger partial charge in [-0.1, -0.05) is 19.1 Å². The Morgan fingerprint density at radius 1 is 1.18 bits per heavy atom. The van der Waals surface area contributed by atoms with Gasteiger partial charge in [-0.2, -0.15) is 28.4 Å². The number of nitrogen functional groups attached to an aromatic ring is 1. The highest BCUT2D eigenvalue weighted by Gasteiger charge is 2.41. The molecule has 3 N–H and O–H groups in total. The summed E-state index contributed by atoms with van der Waals surface area (Å²) in [5.74, 6) is -2.43. The highest BCUT2D eigenvalue weighted by Crippen LogP contribution is 2.46. The Labute approximate surface area is 257 Å². The summed E-state index contributed by atoms with van der Waals surface area (Å²) in [4.78, 5) is 13.0. The third-order valence-corrected chi connectivity index (χ3v) is 9.35. The lowest BCUT2D eigenvalue weighted by atomic mass is 9.79. The predicted molar refractivity (Wildman–Crippen MR) is 161 cm³/mol. The van der Waals surface area contributed by atoms with Crippen LogP contribution >= 0.6 is 0 Å². The van der Waals surface area contributed by atoms with E-state index < -0.39 is 51.0 Å². The summed E-state index contributed by atoms with van der Waals surface area (Å²) in [5.41, 5.74) is 1.29. The van der Waals surface area contributed by atoms with Crippen LogP contribution in [0.5, 0.6) is 6.01 Å². The number of hydrogen-bond acceptors (Lipinski definition) is 8. The number of piperazine rings is 1. The minimum Gasteiger partial charge on any atom is -0.462 e. The molecule has 0 aliphatic carbocycles. The van der Waals surface area contributed by atoms with E-state index in [0.29, 0.717) is 19.6 Å². The number of aromatic nitrogens is 2. The third-order valence-electron chi connectivity index (χ3n) is 9.35. The van der Waals surface area contributed by atoms with Crippen LogP contribution in [-0.2, 0) is 6.18 Å². The Morgan fingerprint density at radius 3 is 2.51 bits per heavy atom. The summed E-state index contributed by atoms with van der Waals surface area (Å²) in [6.07, 6.45) is -2.41. The highest BCUT2D eigenvalue weighted by atomic mass is 19.4. The summed E-state index contributed by atoms with van der Waals surface area (Å²) in [5, 5.41) is 13.3. The minimum atomic E-state index is -5.04. The molecule has 3 aliphatic heterocycles. The van der Waals surface area contributed by atoms with Crippen molar-refractivity contribution in [2.75, 3.05) is 50.5 Å². The average Bonchev–Trinajstić information content (AvgIpc) is 3.30. The molecule has 3 fully saturated rings. The Kier molecular flexibility index (Phi) is 7.64. The molecule has 8 nitrogen and oxygen atoms in total. The number of rotatable bonds is 5. The number of anilines is 2. The predicted octanol–water partition coefficient (Wildman–Crippen LogP) is 5.57. The number of benzene rings is 2. The van der Waals surface area contributed by atoms with E-state index in [9.17, 15) is 18.4 Å². The van der Waals surface area contributed by atoms with E-state index in [1.165, 1.54) is 0 Å². The van der Waals surface area contributed by atoms with Gasteiger partial charge in [0.1, 0.15) is 29.8 Å². The first-order valence-corrected chi connectivity index (χ1v) is 14.8. The molecule has 2 aromatic carbocycles. The summed E-state index contributed by atoms with van der Waals surface area (Å²) in [6, 6.07) is 3.64. The van der Waals surface area contributed by atoms with Crippen LogP contribution in [0.4, 0.5) is 33.5 Å². The number of hydrogen-bond donors (Lipinski definition) is 2. The molecule has 0 amide bonds. The molecule has 45 heavy (non-hydrogen) atoms. The molecule has 3 aliphatic rings. The molecule has 4 heterocycles. The van der Waals surface area contributed by atoms with Crippen molar-refractivity contribution in [1.82, 2.24) is 20.2 Å². The highest BCUT2D eigenvalue weighted by molar-refractivity contribution is 5.95. The van der Waals surface area contributed by atoms with Gasteiger partial charge in [-0.25, -0.2) is 8.78 Å². The molecular weight excluding hydrogens is 593 g/mol. The van der Waals surface area contributed by atoms with Gasteiger partial charge in [-0.15, -0.1) is 0 Å². The van der Waals surface area contributed by atoms with Gasteiger partial charge < -0.3 is 25.6 Å². The first-order valence-electron chi connectivity index (χ1n) is 14.8. The topological polar surface area (TPSA) is 103 Å². The van der Waals surface area contributed by atoms with Gasteiger partial charge in [0.25, 0.3) is 0 Å². The van der Waals surface area contributed by atoms with Crippen LogP contribution in [0.3, 0.4) is 0 Å². The van der Waals surface area contributed by atoms with Crippen LogP contribution in [0, 0.1) is 35.3 Å². The summed E-state index contributed by atoms with van der Waals surface area (Å²) in [7, 11) is 1.99. The van der Waals surface area contributed by atoms with Gasteiger partial charge in [0, 0.05) is 54.6 Å². The summed E-state index contributed by atoms with van der Waals surface area (Å²) < 4.78 is 82.0. The molecule has 0 saturated carbocycles. The molecule has 0 spiro atoms. The zero-order valence-corrected chi connectivity index (χ0v) is 25.3. The van der Waals surface area contributed by atoms with E-state index in [-0.39, 0.29) is 47.2 Å². The number of nitrogens with one attached hydrogen (secondary N) is 1. The van der Waals surface area contributed by atoms with E-state index in [1.54, 1.807) is 6.07 Å². The molecule has 13 heteroatoms. The summed E-state index contributed by atoms with van der Waals surface area (Å²) >= 11 is 0. The van der Waals surface area contributed by atoms with Crippen molar-refractivity contribution >= 4 is 22.4 Å². The van der Waals surface area contributed by atoms with Gasteiger partial charge in [0.05, 0.1) is 22.4 Å². The van der Waals surface area contributed by atoms with Gasteiger partial charge in [-0.05, 0) is 50.9 Å². The van der Waals surface area contributed by atoms with E-state index in [1.807, 2.05) is 18.9 Å². The number of nitrogens with zero attached hydrogens (tertiary/aromatic N) is 5. The Balaban J connectivity index is 1.56. The third kappa shape index (κ3) is 5.44. The second-order valence-corrected chi connectivity index (χ2v) is 12.8. The number of piperidine rings is 1. The normalized spacial score (nSPS) is 23.9. The number of nitriles is 1. The monoisotopic (exact) mass is 627 g/mol. The Morgan fingerprint density at radius 2 is 1.87 bits per heavy atom. The van der Waals surface area contributed by atoms with Crippen molar-refractivity contribution in [2.45, 2.75) is 51.4 Å². The molecule has 3 saturated heterocycles. The van der Waals surface area contributed by atoms with Crippen molar-refractivity contribution < 1.29 is 26.7 Å². The molecular formula is C32H34F5N7O. The zero-order chi connectivity index (χ0) is 32.4. The molecule has 0 radical (unpaired) electrons. The van der Waals surface area contributed by atoms with Crippen molar-refractivity contribution in [2.24, 2.45) is 5.41 Å². The molecule has 1 aromatic heterocycles. The molecule has 3 aromatic rings. The Bertz CT molecular complexity index is 1740. The van der Waals surface area contributed by atoms with Crippen LogP contribution in [0.25, 0.3) is 22.0 Å². The second-order valence-electron chi connectivity index (χ2n) is 12.8. The maximum absolute atomic E-state index is 16.7. The minimum absolute atomic E-state index is 0.0110. The van der Waals surface area contributed by atoms with E-state index in [2.05, 4.69) is 26.8 Å². The number of fused-ring (bicyclic) bond motifs is 3. The number of aryl methyl sites for hydroxylation is 1. The Hall–Kier alpha value is -4.02. The van der Waals surface area contributed by atoms with Crippen molar-refractivity contribution in [3.05, 3.63) is 52.6 Å². The SMILES string of the molecule is C=C1CCN(C)C[C@@]1(C)COc1nc(N2C[C@H]3CC[C@@H](C2)N3)c2cc(F)c(-c3c(C#N)c(N)cc(C)c3C(F)(F)F)c(F)c2n1. The number of nitrogens with two attached hydrogens (primary N) is 1. The van der Waals surface area contributed by atoms with E-state index in [4.69, 9.17) is 10.5 Å². The quantitative estimate of drug-likeness (QED) is 0.215. The fourth-order valence-corrected chi connectivity index (χ4v) is 7.03. The van der Waals surface area contributed by atoms with Gasteiger partial charge >= 0.3 is 12.2 Å². The molecule has 238 valence electrons. The fourth-order valence-electron chi connectivity index (χ4n) is 7.03. The van der Waals surface area contributed by atoms with Crippen molar-refractivity contribution in [3.63, 3.8) is 0 Å². The molecule has 6 rings (SSSR count). The fraction of sp³-hybridized carbons (Fsp3) is 0.469. The number of likely N-dealkylation sites (tertiary alicyclic amines) is 1. The molecule has 3 atom stereocenters. The lowest BCUT2D eigenvalue weighted by Gasteiger charge is -2.40. The van der Waals surface area contributed by atoms with Crippen LogP contribution in [0.15, 0.2) is 24.3 Å². The lowest BCUT2D eigenvalue weighted by Crippen LogP contribution is -2.51. The molecule has 2 bridgehead atoms.